The van der Waals surface area contributed by atoms with Crippen LogP contribution in [0.25, 0.3) is 0 Å². The smallest absolute Gasteiger partial charge is 0.316 e. The molecule has 0 bridgehead atoms. The lowest BCUT2D eigenvalue weighted by atomic mass is 9.80. The molecule has 0 spiro atoms. The average molecular weight is 403 g/mol. The third-order valence-corrected chi connectivity index (χ3v) is 6.82. The Balaban J connectivity index is 2.02. The second kappa shape index (κ2) is 5.52. The summed E-state index contributed by atoms with van der Waals surface area (Å²) >= 11 is 14.0. The Morgan fingerprint density at radius 1 is 1.29 bits per heavy atom. The summed E-state index contributed by atoms with van der Waals surface area (Å²) in [4.78, 5) is 38.6. The topological polar surface area (TPSA) is 99.3 Å². The number of carboxylic acids is 1. The van der Waals surface area contributed by atoms with E-state index in [-0.39, 0.29) is 15.6 Å². The van der Waals surface area contributed by atoms with Gasteiger partial charge in [-0.15, -0.1) is 0 Å². The number of esters is 1. The molecule has 1 aromatic heterocycles. The van der Waals surface area contributed by atoms with E-state index >= 15 is 0 Å². The fourth-order valence-corrected chi connectivity index (χ4v) is 5.97. The molecule has 1 N–H and O–H groups in total. The highest BCUT2D eigenvalue weighted by Gasteiger charge is 2.50. The Bertz CT molecular complexity index is 953. The van der Waals surface area contributed by atoms with E-state index in [0.717, 1.165) is 23.1 Å². The quantitative estimate of drug-likeness (QED) is 0.574. The van der Waals surface area contributed by atoms with Gasteiger partial charge in [0.25, 0.3) is 0 Å². The first-order valence-electron chi connectivity index (χ1n) is 6.68. The van der Waals surface area contributed by atoms with Crippen LogP contribution >= 0.6 is 46.3 Å². The summed E-state index contributed by atoms with van der Waals surface area (Å²) in [5.41, 5.74) is 0.486. The van der Waals surface area contributed by atoms with Crippen molar-refractivity contribution in [1.82, 2.24) is 4.98 Å². The minimum atomic E-state index is -1.40. The predicted octanol–water partition coefficient (Wildman–Crippen LogP) is 1.63. The number of carbonyl (C=O) groups excluding carboxylic acids is 2. The maximum absolute atomic E-state index is 12.5. The molecule has 0 saturated heterocycles. The summed E-state index contributed by atoms with van der Waals surface area (Å²) in [6.07, 6.45) is 0. The van der Waals surface area contributed by atoms with Crippen LogP contribution in [0.15, 0.2) is 22.0 Å². The maximum Gasteiger partial charge on any atom is 0.316 e. The number of carbonyl (C=O) groups is 2. The van der Waals surface area contributed by atoms with Crippen molar-refractivity contribution in [2.45, 2.75) is 16.2 Å². The van der Waals surface area contributed by atoms with Crippen molar-refractivity contribution >= 4 is 58.2 Å². The van der Waals surface area contributed by atoms with Crippen LogP contribution in [-0.4, -0.2) is 22.2 Å². The van der Waals surface area contributed by atoms with Gasteiger partial charge in [0.15, 0.2) is 5.75 Å². The fraction of sp³-hybridized carbons (Fsp3) is 0.214. The predicted molar refractivity (Wildman–Crippen MR) is 87.0 cm³/mol. The molecular weight excluding hydrogens is 397 g/mol. The number of ether oxygens (including phenoxy) is 1. The van der Waals surface area contributed by atoms with Crippen LogP contribution in [0.1, 0.15) is 16.4 Å². The summed E-state index contributed by atoms with van der Waals surface area (Å²) in [7, 11) is 0. The van der Waals surface area contributed by atoms with Crippen molar-refractivity contribution in [2.75, 3.05) is 0 Å². The molecule has 0 radical (unpaired) electrons. The number of hydrogen-bond acceptors (Lipinski definition) is 7. The minimum absolute atomic E-state index is 0.142. The molecule has 3 heterocycles. The molecule has 0 fully saturated rings. The number of carboxylic acid groups (broad SMARTS) is 1. The molecule has 6 nitrogen and oxygen atoms in total. The van der Waals surface area contributed by atoms with Gasteiger partial charge < -0.3 is 19.6 Å². The second-order valence-corrected chi connectivity index (χ2v) is 8.31. The molecule has 3 atom stereocenters. The molecule has 10 heteroatoms. The third-order valence-electron chi connectivity index (χ3n) is 3.93. The molecule has 4 rings (SSSR count). The normalized spacial score (nSPS) is 24.6. The van der Waals surface area contributed by atoms with E-state index in [2.05, 4.69) is 4.98 Å². The van der Waals surface area contributed by atoms with Crippen molar-refractivity contribution in [2.24, 2.45) is 5.92 Å². The van der Waals surface area contributed by atoms with Crippen molar-refractivity contribution < 1.29 is 19.4 Å². The number of aromatic amines is 1. The van der Waals surface area contributed by atoms with Gasteiger partial charge in [-0.25, -0.2) is 0 Å². The highest BCUT2D eigenvalue weighted by Crippen LogP contribution is 2.55. The second-order valence-electron chi connectivity index (χ2n) is 5.30. The molecular formula is C14H6Cl2NO5S2-. The van der Waals surface area contributed by atoms with E-state index in [1.807, 2.05) is 0 Å². The lowest BCUT2D eigenvalue weighted by Crippen LogP contribution is -2.48. The number of nitrogens with one attached hydrogen (secondary N) is 1. The molecule has 0 amide bonds. The number of hydrogen-bond donors (Lipinski definition) is 1. The Morgan fingerprint density at radius 3 is 2.75 bits per heavy atom. The van der Waals surface area contributed by atoms with Crippen LogP contribution in [0.2, 0.25) is 10.0 Å². The Hall–Kier alpha value is -1.48. The van der Waals surface area contributed by atoms with Crippen molar-refractivity contribution in [1.29, 1.82) is 0 Å². The van der Waals surface area contributed by atoms with Gasteiger partial charge >= 0.3 is 10.8 Å². The number of thioether (sulfide) groups is 1. The standard InChI is InChI=1S/C14H7Cl2NO5S2/c15-3-1-4-6-7(13(20)22-8(4)5(16)2-3)10(12(18)19)23-11-9(6)24-14(21)17-11/h1-2,6-7,10H,(H,17,21)(H,18,19)/p-1/t6-,7+,10+/m0/s1. The van der Waals surface area contributed by atoms with Gasteiger partial charge in [0.05, 0.1) is 27.2 Å². The van der Waals surface area contributed by atoms with Crippen LogP contribution in [0.5, 0.6) is 5.75 Å². The van der Waals surface area contributed by atoms with E-state index < -0.39 is 29.0 Å². The van der Waals surface area contributed by atoms with E-state index in [1.54, 1.807) is 6.07 Å². The minimum Gasteiger partial charge on any atom is -0.549 e. The summed E-state index contributed by atoms with van der Waals surface area (Å²) in [5, 5.41) is 11.2. The van der Waals surface area contributed by atoms with Gasteiger partial charge in [0, 0.05) is 21.4 Å². The SMILES string of the molecule is O=C1Oc2c(Cl)cc(Cl)cc2[C@@H]2c3sc(=O)[nH]c3S[C@@H](C(=O)[O-])[C@H]12. The van der Waals surface area contributed by atoms with E-state index in [9.17, 15) is 19.5 Å². The third kappa shape index (κ3) is 2.28. The van der Waals surface area contributed by atoms with Crippen LogP contribution in [-0.2, 0) is 9.59 Å². The van der Waals surface area contributed by atoms with Gasteiger partial charge in [-0.3, -0.25) is 9.59 Å². The van der Waals surface area contributed by atoms with Crippen molar-refractivity contribution in [3.05, 3.63) is 42.3 Å². The number of H-pyrrole nitrogens is 1. The fourth-order valence-electron chi connectivity index (χ4n) is 3.03. The lowest BCUT2D eigenvalue weighted by molar-refractivity contribution is -0.306. The number of aromatic nitrogens is 1. The van der Waals surface area contributed by atoms with Gasteiger partial charge in [-0.1, -0.05) is 46.3 Å². The first-order valence-corrected chi connectivity index (χ1v) is 9.13. The Labute approximate surface area is 152 Å². The van der Waals surface area contributed by atoms with Crippen LogP contribution in [0.3, 0.4) is 0 Å². The van der Waals surface area contributed by atoms with Gasteiger partial charge in [0.1, 0.15) is 0 Å². The average Bonchev–Trinajstić information content (AvgIpc) is 2.87. The molecule has 24 heavy (non-hydrogen) atoms. The zero-order valence-electron chi connectivity index (χ0n) is 11.5. The molecule has 0 saturated carbocycles. The van der Waals surface area contributed by atoms with Crippen LogP contribution in [0, 0.1) is 5.92 Å². The summed E-state index contributed by atoms with van der Waals surface area (Å²) in [5.74, 6) is -3.68. The van der Waals surface area contributed by atoms with E-state index in [4.69, 9.17) is 27.9 Å². The lowest BCUT2D eigenvalue weighted by Gasteiger charge is -2.39. The Kier molecular flexibility index (Phi) is 3.68. The summed E-state index contributed by atoms with van der Waals surface area (Å²) < 4.78 is 5.27. The first-order chi connectivity index (χ1) is 11.4. The monoisotopic (exact) mass is 402 g/mol. The Morgan fingerprint density at radius 2 is 2.04 bits per heavy atom. The van der Waals surface area contributed by atoms with Crippen LogP contribution < -0.4 is 14.7 Å². The van der Waals surface area contributed by atoms with Crippen molar-refractivity contribution in [3.63, 3.8) is 0 Å². The molecule has 2 aliphatic heterocycles. The molecule has 0 unspecified atom stereocenters. The molecule has 1 aromatic carbocycles. The van der Waals surface area contributed by atoms with Crippen molar-refractivity contribution in [3.8, 4) is 5.75 Å². The van der Waals surface area contributed by atoms with Gasteiger partial charge in [-0.2, -0.15) is 0 Å². The summed E-state index contributed by atoms with van der Waals surface area (Å²) in [6.45, 7) is 0. The molecule has 124 valence electrons. The van der Waals surface area contributed by atoms with Crippen LogP contribution in [0.4, 0.5) is 0 Å². The molecule has 2 aliphatic rings. The van der Waals surface area contributed by atoms with E-state index in [0.29, 0.717) is 20.5 Å². The zero-order chi connectivity index (χ0) is 17.2. The van der Waals surface area contributed by atoms with Gasteiger partial charge in [-0.05, 0) is 12.1 Å². The zero-order valence-corrected chi connectivity index (χ0v) is 14.6. The number of benzene rings is 1. The highest BCUT2D eigenvalue weighted by atomic mass is 35.5. The summed E-state index contributed by atoms with van der Waals surface area (Å²) in [6, 6.07) is 3.01. The first kappa shape index (κ1) is 16.0. The number of aliphatic carboxylic acids is 1. The molecule has 0 aliphatic carbocycles. The maximum atomic E-state index is 12.5. The number of fused-ring (bicyclic) bond motifs is 5. The highest BCUT2D eigenvalue weighted by molar-refractivity contribution is 8.00. The largest absolute Gasteiger partial charge is 0.549 e. The number of thiazole rings is 1. The van der Waals surface area contributed by atoms with Gasteiger partial charge in [0.2, 0.25) is 0 Å². The number of rotatable bonds is 1. The molecule has 2 aromatic rings. The number of halogens is 2. The van der Waals surface area contributed by atoms with E-state index in [1.165, 1.54) is 6.07 Å².